The summed E-state index contributed by atoms with van der Waals surface area (Å²) in [7, 11) is 0. The van der Waals surface area contributed by atoms with E-state index in [1.165, 1.54) is 37.9 Å². The number of hydrogen-bond donors (Lipinski definition) is 0. The largest absolute Gasteiger partial charge is 0.473 e. The van der Waals surface area contributed by atoms with Gasteiger partial charge in [-0.25, -0.2) is 0 Å². The number of anilines is 2. The highest BCUT2D eigenvalue weighted by Crippen LogP contribution is 2.46. The summed E-state index contributed by atoms with van der Waals surface area (Å²) >= 11 is 10.8. The molecular formula is C25H24Br2N2O2S2. The fraction of sp³-hybridized carbons (Fsp3) is 0.280. The smallest absolute Gasteiger partial charge is 0.161 e. The molecule has 0 saturated carbocycles. The zero-order valence-corrected chi connectivity index (χ0v) is 23.5. The van der Waals surface area contributed by atoms with Gasteiger partial charge in [0.2, 0.25) is 0 Å². The van der Waals surface area contributed by atoms with Crippen molar-refractivity contribution in [3.63, 3.8) is 0 Å². The van der Waals surface area contributed by atoms with Crippen LogP contribution in [0.5, 0.6) is 11.5 Å². The second kappa shape index (κ2) is 9.64. The molecule has 3 aromatic rings. The Morgan fingerprint density at radius 2 is 1.18 bits per heavy atom. The summed E-state index contributed by atoms with van der Waals surface area (Å²) in [6.07, 6.45) is 4.30. The van der Waals surface area contributed by atoms with Crippen molar-refractivity contribution in [1.29, 1.82) is 0 Å². The number of ether oxygens (including phenoxy) is 2. The van der Waals surface area contributed by atoms with Gasteiger partial charge in [-0.05, 0) is 67.5 Å². The predicted molar refractivity (Wildman–Crippen MR) is 146 cm³/mol. The summed E-state index contributed by atoms with van der Waals surface area (Å²) in [5, 5.41) is 0. The maximum Gasteiger partial charge on any atom is 0.161 e. The van der Waals surface area contributed by atoms with Gasteiger partial charge in [-0.3, -0.25) is 0 Å². The molecule has 0 aromatic heterocycles. The third-order valence-corrected chi connectivity index (χ3v) is 8.52. The van der Waals surface area contributed by atoms with E-state index in [9.17, 15) is 0 Å². The average molecular weight is 608 g/mol. The molecule has 0 saturated heterocycles. The number of rotatable bonds is 4. The molecule has 0 aliphatic carbocycles. The van der Waals surface area contributed by atoms with Crippen molar-refractivity contribution >= 4 is 66.8 Å². The summed E-state index contributed by atoms with van der Waals surface area (Å²) in [5.74, 6) is 1.93. The Morgan fingerprint density at radius 3 is 1.61 bits per heavy atom. The molecule has 4 nitrogen and oxygen atoms in total. The van der Waals surface area contributed by atoms with Crippen molar-refractivity contribution < 1.29 is 9.47 Å². The molecule has 0 bridgehead atoms. The molecule has 0 unspecified atom stereocenters. The van der Waals surface area contributed by atoms with Crippen molar-refractivity contribution in [2.45, 2.75) is 29.8 Å². The Bertz CT molecular complexity index is 1130. The lowest BCUT2D eigenvalue weighted by Gasteiger charge is -2.37. The summed E-state index contributed by atoms with van der Waals surface area (Å²) < 4.78 is 14.4. The maximum absolute atomic E-state index is 6.15. The first-order chi connectivity index (χ1) is 16.0. The first-order valence-corrected chi connectivity index (χ1v) is 14.6. The van der Waals surface area contributed by atoms with Crippen molar-refractivity contribution in [2.75, 3.05) is 35.8 Å². The van der Waals surface area contributed by atoms with Crippen LogP contribution >= 0.6 is 55.4 Å². The topological polar surface area (TPSA) is 24.9 Å². The van der Waals surface area contributed by atoms with E-state index >= 15 is 0 Å². The molecule has 2 heterocycles. The highest BCUT2D eigenvalue weighted by molar-refractivity contribution is 9.10. The van der Waals surface area contributed by atoms with Gasteiger partial charge in [0.05, 0.1) is 11.4 Å². The number of hydrogen-bond acceptors (Lipinski definition) is 6. The summed E-state index contributed by atoms with van der Waals surface area (Å²) in [6, 6.07) is 14.8. The van der Waals surface area contributed by atoms with Crippen LogP contribution in [-0.4, -0.2) is 26.0 Å². The van der Waals surface area contributed by atoms with Gasteiger partial charge in [0.15, 0.2) is 13.5 Å². The minimum absolute atomic E-state index is 0.535. The van der Waals surface area contributed by atoms with Gasteiger partial charge in [0, 0.05) is 43.0 Å². The molecule has 3 aromatic carbocycles. The van der Waals surface area contributed by atoms with Crippen molar-refractivity contribution in [2.24, 2.45) is 0 Å². The molecule has 2 aliphatic heterocycles. The lowest BCUT2D eigenvalue weighted by molar-refractivity contribution is 0.286. The summed E-state index contributed by atoms with van der Waals surface area (Å²) in [5.41, 5.74) is 6.12. The Labute approximate surface area is 220 Å². The Balaban J connectivity index is 1.57. The highest BCUT2D eigenvalue weighted by atomic mass is 79.9. The molecule has 8 heteroatoms. The van der Waals surface area contributed by atoms with E-state index in [1.54, 1.807) is 23.5 Å². The van der Waals surface area contributed by atoms with Crippen LogP contribution in [0.4, 0.5) is 11.4 Å². The van der Waals surface area contributed by atoms with Crippen LogP contribution in [0.2, 0.25) is 0 Å². The van der Waals surface area contributed by atoms with E-state index in [-0.39, 0.29) is 0 Å². The van der Waals surface area contributed by atoms with Crippen molar-refractivity contribution in [3.8, 4) is 11.5 Å². The third kappa shape index (κ3) is 4.47. The molecule has 5 rings (SSSR count). The first kappa shape index (κ1) is 23.3. The van der Waals surface area contributed by atoms with E-state index < -0.39 is 0 Å². The number of nitrogens with zero attached hydrogens (tertiary/aromatic N) is 2. The number of fused-ring (bicyclic) bond motifs is 2. The van der Waals surface area contributed by atoms with Crippen LogP contribution in [0.1, 0.15) is 16.7 Å². The lowest BCUT2D eigenvalue weighted by atomic mass is 10.1. The minimum atomic E-state index is 0.535. The van der Waals surface area contributed by atoms with Gasteiger partial charge in [-0.2, -0.15) is 0 Å². The van der Waals surface area contributed by atoms with Crippen LogP contribution in [0.15, 0.2) is 61.2 Å². The molecule has 172 valence electrons. The molecule has 0 amide bonds. The quantitative estimate of drug-likeness (QED) is 0.282. The fourth-order valence-electron chi connectivity index (χ4n) is 4.54. The number of halogens is 2. The second-order valence-electron chi connectivity index (χ2n) is 8.05. The highest BCUT2D eigenvalue weighted by Gasteiger charge is 2.28. The second-order valence-corrected chi connectivity index (χ2v) is 11.6. The van der Waals surface area contributed by atoms with E-state index in [2.05, 4.69) is 79.3 Å². The monoisotopic (exact) mass is 606 g/mol. The molecule has 0 atom stereocenters. The molecular weight excluding hydrogens is 584 g/mol. The zero-order valence-electron chi connectivity index (χ0n) is 18.7. The van der Waals surface area contributed by atoms with Gasteiger partial charge in [0.1, 0.15) is 11.5 Å². The van der Waals surface area contributed by atoms with Crippen LogP contribution in [0.25, 0.3) is 0 Å². The average Bonchev–Trinajstić information content (AvgIpc) is 2.82. The molecule has 33 heavy (non-hydrogen) atoms. The maximum atomic E-state index is 6.15. The van der Waals surface area contributed by atoms with Crippen LogP contribution in [-0.2, 0) is 13.1 Å². The molecule has 0 N–H and O–H groups in total. The van der Waals surface area contributed by atoms with Crippen LogP contribution in [0.3, 0.4) is 0 Å². The third-order valence-electron chi connectivity index (χ3n) is 6.03. The normalized spacial score (nSPS) is 14.9. The Morgan fingerprint density at radius 1 is 0.727 bits per heavy atom. The molecule has 0 fully saturated rings. The van der Waals surface area contributed by atoms with Gasteiger partial charge in [0.25, 0.3) is 0 Å². The minimum Gasteiger partial charge on any atom is -0.473 e. The zero-order chi connectivity index (χ0) is 23.1. The summed E-state index contributed by atoms with van der Waals surface area (Å²) in [6.45, 7) is 4.93. The van der Waals surface area contributed by atoms with Gasteiger partial charge >= 0.3 is 0 Å². The van der Waals surface area contributed by atoms with Gasteiger partial charge in [-0.15, -0.1) is 23.5 Å². The van der Waals surface area contributed by atoms with Gasteiger partial charge in [-0.1, -0.05) is 31.9 Å². The standard InChI is InChI=1S/C25H24Br2N2O2S2/c1-15-24(28-11-16-8-18(26)4-6-20(16)30-13-28)22(32-2)10-23(33-3)25(15)29-12-17-9-19(27)5-7-21(17)31-14-29/h4-10H,11-14H2,1-3H3. The van der Waals surface area contributed by atoms with E-state index in [4.69, 9.17) is 9.47 Å². The lowest BCUT2D eigenvalue weighted by Crippen LogP contribution is -2.35. The number of benzene rings is 3. The number of thioether (sulfide) groups is 2. The fourth-order valence-corrected chi connectivity index (χ4v) is 6.86. The molecule has 0 radical (unpaired) electrons. The van der Waals surface area contributed by atoms with E-state index in [1.807, 2.05) is 24.3 Å². The van der Waals surface area contributed by atoms with Gasteiger partial charge < -0.3 is 19.3 Å². The van der Waals surface area contributed by atoms with Crippen molar-refractivity contribution in [3.05, 3.63) is 68.1 Å². The first-order valence-electron chi connectivity index (χ1n) is 10.6. The SMILES string of the molecule is CSc1cc(SC)c(N2COc3ccc(Br)cc3C2)c(C)c1N1COc2ccc(Br)cc2C1. The predicted octanol–water partition coefficient (Wildman–Crippen LogP) is 7.68. The molecule has 0 spiro atoms. The molecule has 2 aliphatic rings. The van der Waals surface area contributed by atoms with E-state index in [0.29, 0.717) is 13.5 Å². The van der Waals surface area contributed by atoms with Crippen molar-refractivity contribution in [1.82, 2.24) is 0 Å². The Hall–Kier alpha value is -1.48. The van der Waals surface area contributed by atoms with Crippen LogP contribution in [0, 0.1) is 6.92 Å². The Kier molecular flexibility index (Phi) is 6.80. The summed E-state index contributed by atoms with van der Waals surface area (Å²) in [4.78, 5) is 7.23. The van der Waals surface area contributed by atoms with E-state index in [0.717, 1.165) is 33.5 Å². The van der Waals surface area contributed by atoms with Crippen LogP contribution < -0.4 is 19.3 Å².